The zero-order chi connectivity index (χ0) is 20.2. The van der Waals surface area contributed by atoms with Crippen LogP contribution < -0.4 is 9.64 Å². The van der Waals surface area contributed by atoms with Crippen LogP contribution >= 0.6 is 0 Å². The fourth-order valence-corrected chi connectivity index (χ4v) is 4.42. The Labute approximate surface area is 172 Å². The zero-order valence-electron chi connectivity index (χ0n) is 17.0. The highest BCUT2D eigenvalue weighted by Crippen LogP contribution is 2.33. The molecule has 2 aromatic carbocycles. The molecule has 0 aromatic heterocycles. The van der Waals surface area contributed by atoms with Gasteiger partial charge in [0.25, 0.3) is 5.91 Å². The van der Waals surface area contributed by atoms with Crippen molar-refractivity contribution in [2.75, 3.05) is 31.1 Å². The molecule has 0 unspecified atom stereocenters. The summed E-state index contributed by atoms with van der Waals surface area (Å²) in [6, 6.07) is 15.7. The van der Waals surface area contributed by atoms with Crippen molar-refractivity contribution in [3.63, 3.8) is 0 Å². The normalized spacial score (nSPS) is 17.0. The Hall–Kier alpha value is -2.82. The molecule has 1 fully saturated rings. The fourth-order valence-electron chi connectivity index (χ4n) is 4.42. The van der Waals surface area contributed by atoms with E-state index in [-0.39, 0.29) is 24.3 Å². The Kier molecular flexibility index (Phi) is 5.84. The summed E-state index contributed by atoms with van der Waals surface area (Å²) < 4.78 is 5.58. The van der Waals surface area contributed by atoms with Crippen LogP contribution in [0.1, 0.15) is 30.4 Å². The van der Waals surface area contributed by atoms with Crippen molar-refractivity contribution in [1.29, 1.82) is 0 Å². The van der Waals surface area contributed by atoms with Crippen LogP contribution in [-0.2, 0) is 16.0 Å². The summed E-state index contributed by atoms with van der Waals surface area (Å²) in [5, 5.41) is 0. The molecule has 152 valence electrons. The standard InChI is InChI=1S/C24H28N2O3/c1-18-7-5-8-19-9-6-14-26(23(18)19)24(28)20-12-15-25(16-13-20)22(27)17-29-21-10-3-2-4-11-21/h2-5,7-8,10-11,20H,6,9,12-17H2,1H3. The van der Waals surface area contributed by atoms with E-state index in [1.807, 2.05) is 40.1 Å². The van der Waals surface area contributed by atoms with Crippen LogP contribution in [0, 0.1) is 12.8 Å². The lowest BCUT2D eigenvalue weighted by Gasteiger charge is -2.37. The highest BCUT2D eigenvalue weighted by molar-refractivity contribution is 5.97. The van der Waals surface area contributed by atoms with Crippen LogP contribution in [0.3, 0.4) is 0 Å². The average Bonchev–Trinajstić information content (AvgIpc) is 2.77. The number of rotatable bonds is 4. The lowest BCUT2D eigenvalue weighted by molar-refractivity contribution is -0.136. The van der Waals surface area contributed by atoms with Gasteiger partial charge in [-0.2, -0.15) is 0 Å². The van der Waals surface area contributed by atoms with Gasteiger partial charge in [0.15, 0.2) is 6.61 Å². The van der Waals surface area contributed by atoms with Crippen molar-refractivity contribution >= 4 is 17.5 Å². The molecule has 1 saturated heterocycles. The van der Waals surface area contributed by atoms with E-state index in [1.165, 1.54) is 11.1 Å². The number of amides is 2. The van der Waals surface area contributed by atoms with E-state index in [9.17, 15) is 9.59 Å². The van der Waals surface area contributed by atoms with E-state index in [2.05, 4.69) is 25.1 Å². The molecule has 0 radical (unpaired) electrons. The summed E-state index contributed by atoms with van der Waals surface area (Å²) in [6.07, 6.45) is 3.48. The monoisotopic (exact) mass is 392 g/mol. The summed E-state index contributed by atoms with van der Waals surface area (Å²) in [6.45, 7) is 4.14. The number of benzene rings is 2. The minimum absolute atomic E-state index is 0.0142. The number of likely N-dealkylation sites (tertiary alicyclic amines) is 1. The summed E-state index contributed by atoms with van der Waals surface area (Å²) in [5.41, 5.74) is 3.55. The summed E-state index contributed by atoms with van der Waals surface area (Å²) >= 11 is 0. The second kappa shape index (κ2) is 8.68. The maximum absolute atomic E-state index is 13.3. The van der Waals surface area contributed by atoms with Gasteiger partial charge in [-0.05, 0) is 55.9 Å². The largest absolute Gasteiger partial charge is 0.484 e. The molecule has 0 saturated carbocycles. The first-order valence-electron chi connectivity index (χ1n) is 10.5. The Balaban J connectivity index is 1.33. The number of fused-ring (bicyclic) bond motifs is 1. The van der Waals surface area contributed by atoms with Gasteiger partial charge in [-0.1, -0.05) is 36.4 Å². The summed E-state index contributed by atoms with van der Waals surface area (Å²) in [7, 11) is 0. The molecule has 0 aliphatic carbocycles. The second-order valence-corrected chi connectivity index (χ2v) is 7.93. The first-order chi connectivity index (χ1) is 14.1. The van der Waals surface area contributed by atoms with E-state index in [4.69, 9.17) is 4.74 Å². The molecule has 2 heterocycles. The van der Waals surface area contributed by atoms with Gasteiger partial charge in [0.1, 0.15) is 5.75 Å². The van der Waals surface area contributed by atoms with E-state index in [1.54, 1.807) is 0 Å². The van der Waals surface area contributed by atoms with Crippen molar-refractivity contribution in [1.82, 2.24) is 4.90 Å². The van der Waals surface area contributed by atoms with Crippen LogP contribution in [0.15, 0.2) is 48.5 Å². The number of anilines is 1. The van der Waals surface area contributed by atoms with Crippen molar-refractivity contribution in [2.24, 2.45) is 5.92 Å². The number of carbonyl (C=O) groups excluding carboxylic acids is 2. The van der Waals surface area contributed by atoms with Crippen molar-refractivity contribution in [2.45, 2.75) is 32.6 Å². The molecular weight excluding hydrogens is 364 g/mol. The molecule has 2 aliphatic heterocycles. The van der Waals surface area contributed by atoms with Gasteiger partial charge >= 0.3 is 0 Å². The first-order valence-corrected chi connectivity index (χ1v) is 10.5. The summed E-state index contributed by atoms with van der Waals surface area (Å²) in [4.78, 5) is 29.5. The molecule has 5 nitrogen and oxygen atoms in total. The third kappa shape index (κ3) is 4.29. The number of hydrogen-bond acceptors (Lipinski definition) is 3. The van der Waals surface area contributed by atoms with Gasteiger partial charge in [0, 0.05) is 31.2 Å². The second-order valence-electron chi connectivity index (χ2n) is 7.93. The fraction of sp³-hybridized carbons (Fsp3) is 0.417. The summed E-state index contributed by atoms with van der Waals surface area (Å²) in [5.74, 6) is 0.886. The lowest BCUT2D eigenvalue weighted by atomic mass is 9.92. The molecule has 0 spiro atoms. The molecule has 29 heavy (non-hydrogen) atoms. The molecular formula is C24H28N2O3. The number of piperidine rings is 1. The maximum Gasteiger partial charge on any atom is 0.260 e. The lowest BCUT2D eigenvalue weighted by Crippen LogP contribution is -2.47. The van der Waals surface area contributed by atoms with E-state index in [0.29, 0.717) is 31.7 Å². The predicted molar refractivity (Wildman–Crippen MR) is 113 cm³/mol. The number of nitrogens with zero attached hydrogens (tertiary/aromatic N) is 2. The molecule has 0 bridgehead atoms. The third-order valence-corrected chi connectivity index (χ3v) is 5.99. The van der Waals surface area contributed by atoms with Crippen molar-refractivity contribution in [3.05, 3.63) is 59.7 Å². The van der Waals surface area contributed by atoms with Gasteiger partial charge < -0.3 is 14.5 Å². The third-order valence-electron chi connectivity index (χ3n) is 5.99. The molecule has 2 aromatic rings. The number of para-hydroxylation sites is 2. The SMILES string of the molecule is Cc1cccc2c1N(C(=O)C1CCN(C(=O)COc3ccccc3)CC1)CCC2. The Morgan fingerprint density at radius 3 is 2.52 bits per heavy atom. The Morgan fingerprint density at radius 2 is 1.76 bits per heavy atom. The van der Waals surface area contributed by atoms with Crippen LogP contribution in [0.4, 0.5) is 5.69 Å². The molecule has 0 N–H and O–H groups in total. The van der Waals surface area contributed by atoms with Crippen molar-refractivity contribution < 1.29 is 14.3 Å². The molecule has 2 amide bonds. The van der Waals surface area contributed by atoms with E-state index >= 15 is 0 Å². The average molecular weight is 392 g/mol. The predicted octanol–water partition coefficient (Wildman–Crippen LogP) is 3.59. The van der Waals surface area contributed by atoms with Gasteiger partial charge in [-0.25, -0.2) is 0 Å². The number of hydrogen-bond donors (Lipinski definition) is 0. The quantitative estimate of drug-likeness (QED) is 0.799. The van der Waals surface area contributed by atoms with Gasteiger partial charge in [-0.3, -0.25) is 9.59 Å². The number of aryl methyl sites for hydroxylation is 2. The molecule has 5 heteroatoms. The van der Waals surface area contributed by atoms with Crippen LogP contribution in [0.5, 0.6) is 5.75 Å². The Bertz CT molecular complexity index is 873. The van der Waals surface area contributed by atoms with Crippen LogP contribution in [0.2, 0.25) is 0 Å². The van der Waals surface area contributed by atoms with Gasteiger partial charge in [0.2, 0.25) is 5.91 Å². The highest BCUT2D eigenvalue weighted by Gasteiger charge is 2.33. The number of carbonyl (C=O) groups is 2. The highest BCUT2D eigenvalue weighted by atomic mass is 16.5. The first kappa shape index (κ1) is 19.5. The molecule has 0 atom stereocenters. The van der Waals surface area contributed by atoms with Gasteiger partial charge in [0.05, 0.1) is 0 Å². The van der Waals surface area contributed by atoms with E-state index < -0.39 is 0 Å². The minimum atomic E-state index is -0.0149. The maximum atomic E-state index is 13.3. The smallest absolute Gasteiger partial charge is 0.260 e. The molecule has 4 rings (SSSR count). The van der Waals surface area contributed by atoms with Crippen molar-refractivity contribution in [3.8, 4) is 5.75 Å². The van der Waals surface area contributed by atoms with Crippen LogP contribution in [-0.4, -0.2) is 43.0 Å². The number of ether oxygens (including phenoxy) is 1. The topological polar surface area (TPSA) is 49.9 Å². The Morgan fingerprint density at radius 1 is 1.00 bits per heavy atom. The van der Waals surface area contributed by atoms with E-state index in [0.717, 1.165) is 25.1 Å². The van der Waals surface area contributed by atoms with Crippen LogP contribution in [0.25, 0.3) is 0 Å². The minimum Gasteiger partial charge on any atom is -0.484 e. The zero-order valence-corrected chi connectivity index (χ0v) is 17.0. The van der Waals surface area contributed by atoms with Gasteiger partial charge in [-0.15, -0.1) is 0 Å². The molecule has 2 aliphatic rings.